The van der Waals surface area contributed by atoms with Crippen LogP contribution in [0.5, 0.6) is 5.75 Å². The fourth-order valence-electron chi connectivity index (χ4n) is 3.50. The van der Waals surface area contributed by atoms with E-state index in [-0.39, 0.29) is 33.3 Å². The molecule has 0 aliphatic heterocycles. The number of carboxylic acid groups (broad SMARTS) is 1. The second-order valence-electron chi connectivity index (χ2n) is 6.94. The average Bonchev–Trinajstić information content (AvgIpc) is 3.03. The summed E-state index contributed by atoms with van der Waals surface area (Å²) in [7, 11) is 0. The zero-order valence-electron chi connectivity index (χ0n) is 16.3. The summed E-state index contributed by atoms with van der Waals surface area (Å²) in [5.41, 5.74) is 0.332. The number of hydrogen-bond donors (Lipinski definition) is 3. The summed E-state index contributed by atoms with van der Waals surface area (Å²) in [6.07, 6.45) is 0. The van der Waals surface area contributed by atoms with E-state index >= 15 is 0 Å². The van der Waals surface area contributed by atoms with Crippen LogP contribution in [0.2, 0.25) is 10.2 Å². The number of carbonyl (C=O) groups is 2. The zero-order valence-corrected chi connectivity index (χ0v) is 17.8. The summed E-state index contributed by atoms with van der Waals surface area (Å²) in [6.45, 7) is -0.454. The summed E-state index contributed by atoms with van der Waals surface area (Å²) >= 11 is 12.8. The number of nitriles is 1. The molecule has 4 rings (SSSR count). The van der Waals surface area contributed by atoms with Gasteiger partial charge in [0.05, 0.1) is 15.9 Å². The molecule has 0 saturated carbocycles. The number of carbonyl (C=O) groups excluding carboxylic acids is 1. The van der Waals surface area contributed by atoms with Gasteiger partial charge in [-0.2, -0.15) is 5.26 Å². The monoisotopic (exact) mass is 468 g/mol. The number of amides is 1. The second-order valence-corrected chi connectivity index (χ2v) is 7.68. The largest absolute Gasteiger partial charge is 0.505 e. The highest BCUT2D eigenvalue weighted by molar-refractivity contribution is 6.46. The zero-order chi connectivity index (χ0) is 23.0. The number of hydrogen-bond acceptors (Lipinski definition) is 5. The van der Waals surface area contributed by atoms with Gasteiger partial charge in [0.25, 0.3) is 5.91 Å². The average molecular weight is 469 g/mol. The number of fused-ring (bicyclic) bond motifs is 2. The normalized spacial score (nSPS) is 10.9. The Morgan fingerprint density at radius 1 is 1.16 bits per heavy atom. The first-order valence-electron chi connectivity index (χ1n) is 9.29. The van der Waals surface area contributed by atoms with Gasteiger partial charge in [0, 0.05) is 6.54 Å². The van der Waals surface area contributed by atoms with Gasteiger partial charge < -0.3 is 20.1 Å². The van der Waals surface area contributed by atoms with Crippen molar-refractivity contribution in [3.05, 3.63) is 69.6 Å². The Morgan fingerprint density at radius 2 is 1.88 bits per heavy atom. The first kappa shape index (κ1) is 21.4. The van der Waals surface area contributed by atoms with Crippen LogP contribution in [0.1, 0.15) is 21.7 Å². The van der Waals surface area contributed by atoms with Crippen molar-refractivity contribution in [2.45, 2.75) is 6.54 Å². The summed E-state index contributed by atoms with van der Waals surface area (Å²) < 4.78 is 1.54. The van der Waals surface area contributed by atoms with Crippen molar-refractivity contribution < 1.29 is 19.8 Å². The van der Waals surface area contributed by atoms with Crippen molar-refractivity contribution in [1.82, 2.24) is 14.9 Å². The maximum absolute atomic E-state index is 12.3. The third-order valence-corrected chi connectivity index (χ3v) is 5.79. The minimum absolute atomic E-state index is 0.00974. The lowest BCUT2D eigenvalue weighted by Gasteiger charge is -2.11. The molecule has 10 heteroatoms. The van der Waals surface area contributed by atoms with E-state index in [2.05, 4.69) is 10.3 Å². The highest BCUT2D eigenvalue weighted by atomic mass is 35.5. The summed E-state index contributed by atoms with van der Waals surface area (Å²) in [6, 6.07) is 15.6. The molecule has 1 amide bonds. The molecule has 4 aromatic rings. The van der Waals surface area contributed by atoms with Crippen molar-refractivity contribution in [3.8, 4) is 11.8 Å². The molecule has 0 fully saturated rings. The van der Waals surface area contributed by atoms with Crippen LogP contribution in [0, 0.1) is 11.3 Å². The molecule has 0 unspecified atom stereocenters. The Morgan fingerprint density at radius 3 is 2.56 bits per heavy atom. The molecule has 0 aliphatic carbocycles. The Balaban J connectivity index is 1.86. The fraction of sp³-hybridized carbons (Fsp3) is 0.0909. The fourth-order valence-corrected chi connectivity index (χ4v) is 4.02. The number of halogens is 2. The Labute approximate surface area is 191 Å². The maximum Gasteiger partial charge on any atom is 0.322 e. The smallest absolute Gasteiger partial charge is 0.322 e. The minimum Gasteiger partial charge on any atom is -0.505 e. The maximum atomic E-state index is 12.3. The number of aliphatic carboxylic acids is 1. The predicted molar refractivity (Wildman–Crippen MR) is 119 cm³/mol. The van der Waals surface area contributed by atoms with Crippen LogP contribution in [-0.4, -0.2) is 38.2 Å². The number of benzene rings is 2. The first-order valence-corrected chi connectivity index (χ1v) is 10.0. The van der Waals surface area contributed by atoms with Crippen molar-refractivity contribution in [1.29, 1.82) is 5.26 Å². The van der Waals surface area contributed by atoms with E-state index < -0.39 is 29.9 Å². The van der Waals surface area contributed by atoms with Crippen LogP contribution in [0.25, 0.3) is 21.7 Å². The summed E-state index contributed by atoms with van der Waals surface area (Å²) in [5.74, 6) is -2.83. The van der Waals surface area contributed by atoms with E-state index in [4.69, 9.17) is 28.3 Å². The number of rotatable bonds is 5. The Bertz CT molecular complexity index is 1460. The molecule has 2 aromatic heterocycles. The first-order chi connectivity index (χ1) is 15.3. The molecule has 0 bridgehead atoms. The molecule has 0 aliphatic rings. The molecular weight excluding hydrogens is 455 g/mol. The van der Waals surface area contributed by atoms with Gasteiger partial charge in [-0.15, -0.1) is 0 Å². The summed E-state index contributed by atoms with van der Waals surface area (Å²) in [4.78, 5) is 27.0. The van der Waals surface area contributed by atoms with Gasteiger partial charge in [-0.25, -0.2) is 4.98 Å². The van der Waals surface area contributed by atoms with Crippen molar-refractivity contribution in [2.24, 2.45) is 0 Å². The van der Waals surface area contributed by atoms with Crippen LogP contribution >= 0.6 is 23.2 Å². The van der Waals surface area contributed by atoms with E-state index in [1.165, 1.54) is 4.57 Å². The third-order valence-electron chi connectivity index (χ3n) is 4.93. The molecule has 0 radical (unpaired) electrons. The highest BCUT2D eigenvalue weighted by Gasteiger charge is 2.27. The lowest BCUT2D eigenvalue weighted by molar-refractivity contribution is -0.135. The molecule has 2 heterocycles. The topological polar surface area (TPSA) is 128 Å². The van der Waals surface area contributed by atoms with E-state index in [0.29, 0.717) is 0 Å². The molecule has 0 spiro atoms. The Kier molecular flexibility index (Phi) is 5.61. The molecule has 3 N–H and O–H groups in total. The predicted octanol–water partition coefficient (Wildman–Crippen LogP) is 3.94. The quantitative estimate of drug-likeness (QED) is 0.406. The lowest BCUT2D eigenvalue weighted by Crippen LogP contribution is -2.30. The second kappa shape index (κ2) is 8.38. The molecule has 0 saturated heterocycles. The van der Waals surface area contributed by atoms with Gasteiger partial charge in [0.1, 0.15) is 17.8 Å². The van der Waals surface area contributed by atoms with Crippen LogP contribution in [0.15, 0.2) is 42.5 Å². The van der Waals surface area contributed by atoms with Gasteiger partial charge in [-0.05, 0) is 22.4 Å². The molecule has 2 aromatic carbocycles. The molecule has 32 heavy (non-hydrogen) atoms. The van der Waals surface area contributed by atoms with Crippen LogP contribution in [0.4, 0.5) is 0 Å². The van der Waals surface area contributed by atoms with Gasteiger partial charge in [-0.1, -0.05) is 59.6 Å². The molecule has 0 atom stereocenters. The van der Waals surface area contributed by atoms with E-state index in [1.807, 2.05) is 48.5 Å². The van der Waals surface area contributed by atoms with Crippen LogP contribution in [-0.2, 0) is 11.3 Å². The molecular formula is C22H14Cl2N4O4. The Hall–Kier alpha value is -3.80. The standard InChI is InChI=1S/C22H14Cl2N4O4/c23-17-16-19(14(8-25)27-18(20(16)31)22(32)26-9-15(29)30)28(21(17)24)10-11-5-6-12-3-1-2-4-13(12)7-11/h1-7,31H,9-10H2,(H,26,32)(H,29,30). The van der Waals surface area contributed by atoms with Gasteiger partial charge in [0.15, 0.2) is 17.1 Å². The number of pyridine rings is 1. The lowest BCUT2D eigenvalue weighted by atomic mass is 10.1. The van der Waals surface area contributed by atoms with E-state index in [9.17, 15) is 20.0 Å². The van der Waals surface area contributed by atoms with Crippen molar-refractivity contribution in [3.63, 3.8) is 0 Å². The number of aromatic hydroxyl groups is 1. The number of aromatic nitrogens is 2. The SMILES string of the molecule is N#Cc1nc(C(=O)NCC(=O)O)c(O)c2c(Cl)c(Cl)n(Cc3ccc4ccccc4c3)c12. The van der Waals surface area contributed by atoms with E-state index in [0.717, 1.165) is 16.3 Å². The van der Waals surface area contributed by atoms with Crippen molar-refractivity contribution in [2.75, 3.05) is 6.54 Å². The minimum atomic E-state index is -1.28. The van der Waals surface area contributed by atoms with Crippen LogP contribution < -0.4 is 5.32 Å². The van der Waals surface area contributed by atoms with Gasteiger partial charge >= 0.3 is 5.97 Å². The van der Waals surface area contributed by atoms with Gasteiger partial charge in [0.2, 0.25) is 0 Å². The van der Waals surface area contributed by atoms with E-state index in [1.54, 1.807) is 0 Å². The molecule has 8 nitrogen and oxygen atoms in total. The van der Waals surface area contributed by atoms with Crippen molar-refractivity contribution >= 4 is 56.8 Å². The summed E-state index contributed by atoms with van der Waals surface area (Å²) in [5, 5.41) is 33.3. The number of carboxylic acids is 1. The van der Waals surface area contributed by atoms with Crippen LogP contribution in [0.3, 0.4) is 0 Å². The molecule has 160 valence electrons. The highest BCUT2D eigenvalue weighted by Crippen LogP contribution is 2.42. The number of nitrogens with one attached hydrogen (secondary N) is 1. The number of nitrogens with zero attached hydrogens (tertiary/aromatic N) is 3. The van der Waals surface area contributed by atoms with Gasteiger partial charge in [-0.3, -0.25) is 9.59 Å². The third kappa shape index (κ3) is 3.68.